The summed E-state index contributed by atoms with van der Waals surface area (Å²) in [6.07, 6.45) is 13.4. The fourth-order valence-electron chi connectivity index (χ4n) is 2.92. The Morgan fingerprint density at radius 1 is 0.833 bits per heavy atom. The van der Waals surface area contributed by atoms with Crippen LogP contribution in [0.4, 0.5) is 0 Å². The number of hydrogen-bond donors (Lipinski definition) is 4. The second kappa shape index (κ2) is 16.2. The molecule has 0 aromatic heterocycles. The van der Waals surface area contributed by atoms with Gasteiger partial charge in [0.05, 0.1) is 18.6 Å². The van der Waals surface area contributed by atoms with Crippen LogP contribution in [0.15, 0.2) is 0 Å². The predicted octanol–water partition coefficient (Wildman–Crippen LogP) is 4.57. The summed E-state index contributed by atoms with van der Waals surface area (Å²) < 4.78 is 0. The third kappa shape index (κ3) is 14.1. The molecular formula is C19H38O4S. The van der Waals surface area contributed by atoms with E-state index >= 15 is 0 Å². The van der Waals surface area contributed by atoms with Gasteiger partial charge in [0, 0.05) is 5.25 Å². The van der Waals surface area contributed by atoms with Crippen LogP contribution < -0.4 is 0 Å². The molecule has 0 heterocycles. The first-order valence-corrected chi connectivity index (χ1v) is 10.3. The molecule has 0 aliphatic rings. The van der Waals surface area contributed by atoms with Crippen molar-refractivity contribution in [2.75, 3.05) is 0 Å². The number of hydrogen-bond acceptors (Lipinski definition) is 4. The first kappa shape index (κ1) is 23.7. The lowest BCUT2D eigenvalue weighted by Gasteiger charge is -2.22. The molecule has 0 rings (SSSR count). The zero-order valence-electron chi connectivity index (χ0n) is 15.3. The van der Waals surface area contributed by atoms with Crippen molar-refractivity contribution in [3.8, 4) is 0 Å². The molecule has 0 aliphatic carbocycles. The molecule has 0 aliphatic heterocycles. The zero-order valence-corrected chi connectivity index (χ0v) is 16.2. The van der Waals surface area contributed by atoms with E-state index in [0.717, 1.165) is 19.3 Å². The Kier molecular flexibility index (Phi) is 16.0. The summed E-state index contributed by atoms with van der Waals surface area (Å²) in [5.74, 6) is -1.01. The molecule has 3 atom stereocenters. The van der Waals surface area contributed by atoms with E-state index < -0.39 is 23.4 Å². The van der Waals surface area contributed by atoms with Crippen molar-refractivity contribution in [2.45, 2.75) is 114 Å². The van der Waals surface area contributed by atoms with Crippen LogP contribution >= 0.6 is 12.6 Å². The molecule has 144 valence electrons. The summed E-state index contributed by atoms with van der Waals surface area (Å²) in [6.45, 7) is 2.24. The normalized spacial score (nSPS) is 15.2. The smallest absolute Gasteiger partial charge is 0.304 e. The van der Waals surface area contributed by atoms with E-state index in [1.807, 2.05) is 0 Å². The molecule has 0 aromatic rings. The van der Waals surface area contributed by atoms with Crippen molar-refractivity contribution in [3.63, 3.8) is 0 Å². The predicted molar refractivity (Wildman–Crippen MR) is 103 cm³/mol. The SMILES string of the molecule is CCCCCCCCCCCCCCC(O)C(O)C(S)CC(=O)O. The Morgan fingerprint density at radius 2 is 1.25 bits per heavy atom. The molecular weight excluding hydrogens is 324 g/mol. The Morgan fingerprint density at radius 3 is 1.67 bits per heavy atom. The maximum Gasteiger partial charge on any atom is 0.304 e. The standard InChI is InChI=1S/C19H38O4S/c1-2-3-4-5-6-7-8-9-10-11-12-13-14-16(20)19(23)17(24)15-18(21)22/h16-17,19-20,23-24H,2-15H2,1H3,(H,21,22). The lowest BCUT2D eigenvalue weighted by Crippen LogP contribution is -2.35. The minimum atomic E-state index is -1.07. The number of carboxylic acids is 1. The van der Waals surface area contributed by atoms with Crippen LogP contribution in [0.25, 0.3) is 0 Å². The Bertz CT molecular complexity index is 299. The highest BCUT2D eigenvalue weighted by molar-refractivity contribution is 7.81. The summed E-state index contributed by atoms with van der Waals surface area (Å²) in [7, 11) is 0. The maximum atomic E-state index is 10.6. The van der Waals surface area contributed by atoms with Gasteiger partial charge in [-0.25, -0.2) is 0 Å². The summed E-state index contributed by atoms with van der Waals surface area (Å²) in [5, 5.41) is 27.6. The largest absolute Gasteiger partial charge is 0.481 e. The summed E-state index contributed by atoms with van der Waals surface area (Å²) in [5.41, 5.74) is 0. The molecule has 24 heavy (non-hydrogen) atoms. The van der Waals surface area contributed by atoms with Gasteiger partial charge in [0.25, 0.3) is 0 Å². The molecule has 5 heteroatoms. The van der Waals surface area contributed by atoms with Gasteiger partial charge in [0.15, 0.2) is 0 Å². The second-order valence-electron chi connectivity index (χ2n) is 6.90. The molecule has 3 N–H and O–H groups in total. The third-order valence-corrected chi connectivity index (χ3v) is 5.01. The third-order valence-electron chi connectivity index (χ3n) is 4.53. The van der Waals surface area contributed by atoms with Gasteiger partial charge in [-0.1, -0.05) is 84.0 Å². The number of aliphatic hydroxyl groups is 2. The number of unbranched alkanes of at least 4 members (excludes halogenated alkanes) is 11. The molecule has 0 aromatic carbocycles. The Hall–Kier alpha value is -0.260. The van der Waals surface area contributed by atoms with Crippen LogP contribution in [0, 0.1) is 0 Å². The maximum absolute atomic E-state index is 10.6. The van der Waals surface area contributed by atoms with E-state index in [1.54, 1.807) is 0 Å². The average molecular weight is 363 g/mol. The van der Waals surface area contributed by atoms with E-state index in [-0.39, 0.29) is 6.42 Å². The zero-order chi connectivity index (χ0) is 18.2. The first-order chi connectivity index (χ1) is 11.5. The fourth-order valence-corrected chi connectivity index (χ4v) is 3.28. The first-order valence-electron chi connectivity index (χ1n) is 9.75. The van der Waals surface area contributed by atoms with Crippen molar-refractivity contribution in [1.82, 2.24) is 0 Å². The van der Waals surface area contributed by atoms with E-state index in [2.05, 4.69) is 19.6 Å². The topological polar surface area (TPSA) is 77.8 Å². The second-order valence-corrected chi connectivity index (χ2v) is 7.56. The summed E-state index contributed by atoms with van der Waals surface area (Å²) >= 11 is 4.05. The van der Waals surface area contributed by atoms with E-state index in [1.165, 1.54) is 57.8 Å². The minimum absolute atomic E-state index is 0.236. The molecule has 3 unspecified atom stereocenters. The number of rotatable bonds is 17. The lowest BCUT2D eigenvalue weighted by atomic mass is 10.0. The molecule has 0 saturated heterocycles. The van der Waals surface area contributed by atoms with Gasteiger partial charge in [0.2, 0.25) is 0 Å². The van der Waals surface area contributed by atoms with E-state index in [9.17, 15) is 15.0 Å². The minimum Gasteiger partial charge on any atom is -0.481 e. The van der Waals surface area contributed by atoms with Crippen molar-refractivity contribution < 1.29 is 20.1 Å². The van der Waals surface area contributed by atoms with Crippen LogP contribution in [0.2, 0.25) is 0 Å². The number of aliphatic carboxylic acids is 1. The number of aliphatic hydroxyl groups excluding tert-OH is 2. The molecule has 0 radical (unpaired) electrons. The van der Waals surface area contributed by atoms with Gasteiger partial charge in [-0.3, -0.25) is 4.79 Å². The summed E-state index contributed by atoms with van der Waals surface area (Å²) in [6, 6.07) is 0. The average Bonchev–Trinajstić information content (AvgIpc) is 2.54. The molecule has 0 saturated carbocycles. The highest BCUT2D eigenvalue weighted by atomic mass is 32.1. The monoisotopic (exact) mass is 362 g/mol. The Labute approximate surface area is 153 Å². The van der Waals surface area contributed by atoms with E-state index in [0.29, 0.717) is 6.42 Å². The fraction of sp³-hybridized carbons (Fsp3) is 0.947. The molecule has 0 spiro atoms. The van der Waals surface area contributed by atoms with Crippen molar-refractivity contribution >= 4 is 18.6 Å². The van der Waals surface area contributed by atoms with Crippen LogP contribution in [0.3, 0.4) is 0 Å². The van der Waals surface area contributed by atoms with Crippen molar-refractivity contribution in [1.29, 1.82) is 0 Å². The molecule has 0 amide bonds. The van der Waals surface area contributed by atoms with Gasteiger partial charge in [-0.05, 0) is 6.42 Å². The highest BCUT2D eigenvalue weighted by Crippen LogP contribution is 2.17. The molecule has 4 nitrogen and oxygen atoms in total. The van der Waals surface area contributed by atoms with Gasteiger partial charge in [-0.15, -0.1) is 0 Å². The van der Waals surface area contributed by atoms with E-state index in [4.69, 9.17) is 5.11 Å². The van der Waals surface area contributed by atoms with Crippen LogP contribution in [0.1, 0.15) is 96.8 Å². The highest BCUT2D eigenvalue weighted by Gasteiger charge is 2.25. The quantitative estimate of drug-likeness (QED) is 0.226. The number of thiol groups is 1. The molecule has 0 bridgehead atoms. The van der Waals surface area contributed by atoms with Gasteiger partial charge < -0.3 is 15.3 Å². The molecule has 0 fully saturated rings. The lowest BCUT2D eigenvalue weighted by molar-refractivity contribution is -0.137. The van der Waals surface area contributed by atoms with Crippen molar-refractivity contribution in [2.24, 2.45) is 0 Å². The van der Waals surface area contributed by atoms with Gasteiger partial charge in [0.1, 0.15) is 0 Å². The van der Waals surface area contributed by atoms with Gasteiger partial charge in [-0.2, -0.15) is 12.6 Å². The van der Waals surface area contributed by atoms with Crippen LogP contribution in [0.5, 0.6) is 0 Å². The number of carbonyl (C=O) groups is 1. The van der Waals surface area contributed by atoms with Crippen LogP contribution in [-0.4, -0.2) is 38.7 Å². The number of carboxylic acid groups (broad SMARTS) is 1. The van der Waals surface area contributed by atoms with Gasteiger partial charge >= 0.3 is 5.97 Å². The van der Waals surface area contributed by atoms with Crippen LogP contribution in [-0.2, 0) is 4.79 Å². The summed E-state index contributed by atoms with van der Waals surface area (Å²) in [4.78, 5) is 10.6. The Balaban J connectivity index is 3.41. The van der Waals surface area contributed by atoms with Crippen molar-refractivity contribution in [3.05, 3.63) is 0 Å².